The lowest BCUT2D eigenvalue weighted by Gasteiger charge is -2.49. The summed E-state index contributed by atoms with van der Waals surface area (Å²) in [4.78, 5) is 0. The minimum absolute atomic E-state index is 0.253. The van der Waals surface area contributed by atoms with E-state index >= 15 is 0 Å². The van der Waals surface area contributed by atoms with E-state index in [1.807, 2.05) is 0 Å². The topological polar surface area (TPSA) is 170 Å². The van der Waals surface area contributed by atoms with Gasteiger partial charge in [0.2, 0.25) is 0 Å². The van der Waals surface area contributed by atoms with Gasteiger partial charge in [-0.15, -0.1) is 92.8 Å². The van der Waals surface area contributed by atoms with E-state index in [9.17, 15) is 0 Å². The summed E-state index contributed by atoms with van der Waals surface area (Å²) in [6, 6.07) is 0. The van der Waals surface area contributed by atoms with E-state index < -0.39 is 141 Å². The Bertz CT molecular complexity index is 1640. The highest BCUT2D eigenvalue weighted by atomic mass is 35.5. The fraction of sp³-hybridized carbons (Fsp3) is 1.00. The average molecular weight is 1410 g/mol. The van der Waals surface area contributed by atoms with E-state index in [1.54, 1.807) is 0 Å². The van der Waals surface area contributed by atoms with Gasteiger partial charge in [0.15, 0.2) is 0 Å². The second kappa shape index (κ2) is 36.0. The van der Waals surface area contributed by atoms with Crippen molar-refractivity contribution in [3.05, 3.63) is 0 Å². The van der Waals surface area contributed by atoms with Crippen LogP contribution in [0.2, 0.25) is 0 Å². The number of nitrogens with one attached hydrogen (secondary N) is 8. The third-order valence-electron chi connectivity index (χ3n) is 21.0. The minimum Gasteiger partial charge on any atom is -0.376 e. The van der Waals surface area contributed by atoms with Crippen LogP contribution in [0.4, 0.5) is 0 Å². The number of hydrogen-bond acceptors (Lipinski definition) is 16. The van der Waals surface area contributed by atoms with Crippen LogP contribution in [0, 0.1) is 47.3 Å². The molecule has 0 radical (unpaired) electrons. The monoisotopic (exact) mass is 1400 g/mol. The average Bonchev–Trinajstić information content (AvgIpc) is 2.13. The number of fused-ring (bicyclic) bond motifs is 20. The van der Waals surface area contributed by atoms with Crippen molar-refractivity contribution in [3.8, 4) is 0 Å². The molecule has 88 heavy (non-hydrogen) atoms. The molecule has 8 bridgehead atoms. The van der Waals surface area contributed by atoms with E-state index in [4.69, 9.17) is 131 Å². The summed E-state index contributed by atoms with van der Waals surface area (Å²) in [7, 11) is 0. The maximum absolute atomic E-state index is 7.76. The molecule has 9 aliphatic rings. The van der Waals surface area contributed by atoms with Crippen LogP contribution in [0.3, 0.4) is 0 Å². The first-order chi connectivity index (χ1) is 42.7. The Morgan fingerprint density at radius 2 is 0.295 bits per heavy atom. The largest absolute Gasteiger partial charge is 0.376 e. The second-order valence-corrected chi connectivity index (χ2v) is 30.9. The third-order valence-corrected chi connectivity index (χ3v) is 25.6. The van der Waals surface area contributed by atoms with Crippen LogP contribution in [-0.2, 0) is 37.9 Å². The molecule has 512 valence electrons. The van der Waals surface area contributed by atoms with Crippen LogP contribution in [0.1, 0.15) is 158 Å². The molecule has 9 fully saturated rings. The Morgan fingerprint density at radius 3 is 0.386 bits per heavy atom. The fourth-order valence-corrected chi connectivity index (χ4v) is 19.5. The molecule has 24 unspecified atom stereocenters. The molecule has 4 aliphatic carbocycles. The lowest BCUT2D eigenvalue weighted by atomic mass is 9.71. The molecule has 5 saturated heterocycles. The maximum Gasteiger partial charge on any atom is 0.0814 e. The molecular formula is C64H112Cl8N8O8. The Hall–Kier alpha value is 1.68. The molecule has 0 amide bonds. The van der Waals surface area contributed by atoms with Crippen molar-refractivity contribution < 1.29 is 37.9 Å². The predicted molar refractivity (Wildman–Crippen MR) is 358 cm³/mol. The number of hydrogen-bond donors (Lipinski definition) is 8. The molecule has 0 spiro atoms. The fourth-order valence-electron chi connectivity index (χ4n) is 16.4. The first-order valence-corrected chi connectivity index (χ1v) is 38.4. The van der Waals surface area contributed by atoms with Crippen molar-refractivity contribution in [2.75, 3.05) is 52.9 Å². The molecule has 0 aromatic carbocycles. The van der Waals surface area contributed by atoms with Crippen LogP contribution < -0.4 is 42.5 Å². The molecule has 24 heteroatoms. The predicted octanol–water partition coefficient (Wildman–Crippen LogP) is 10.7. The second-order valence-electron chi connectivity index (χ2n) is 26.8. The van der Waals surface area contributed by atoms with Gasteiger partial charge in [0.1, 0.15) is 0 Å². The maximum atomic E-state index is 7.76. The van der Waals surface area contributed by atoms with Crippen LogP contribution >= 0.6 is 92.8 Å². The first kappa shape index (κ1) is 73.9. The van der Waals surface area contributed by atoms with Crippen LogP contribution in [-0.4, -0.2) is 194 Å². The summed E-state index contributed by atoms with van der Waals surface area (Å²) in [5.74, 6) is -2.03. The summed E-state index contributed by atoms with van der Waals surface area (Å²) >= 11 is 62.1. The summed E-state index contributed by atoms with van der Waals surface area (Å²) in [6.07, 6.45) is 7.62. The molecule has 4 saturated carbocycles. The smallest absolute Gasteiger partial charge is 0.0814 e. The molecule has 16 nitrogen and oxygen atoms in total. The van der Waals surface area contributed by atoms with Crippen molar-refractivity contribution in [1.82, 2.24) is 42.5 Å². The highest BCUT2D eigenvalue weighted by Crippen LogP contribution is 2.53. The number of unbranched alkanes of at least 4 members (excludes halogenated alkanes) is 8. The molecule has 5 heterocycles. The molecule has 24 atom stereocenters. The van der Waals surface area contributed by atoms with Gasteiger partial charge in [-0.2, -0.15) is 0 Å². The van der Waals surface area contributed by atoms with Gasteiger partial charge in [0.05, 0.1) is 141 Å². The van der Waals surface area contributed by atoms with Crippen LogP contribution in [0.25, 0.3) is 0 Å². The van der Waals surface area contributed by atoms with Crippen molar-refractivity contribution >= 4 is 92.8 Å². The van der Waals surface area contributed by atoms with Gasteiger partial charge in [-0.3, -0.25) is 42.5 Å². The van der Waals surface area contributed by atoms with E-state index in [0.29, 0.717) is 52.9 Å². The SMILES string of the molecule is CCCCOC1C(Cl)C(Cl)C(OCCCC)C2C3NC(NC4NC(NC5NC(NC6NC(N3)C3C(OCCCC)C(Cl)C(Cl)C(OCCCC)C63)C3C(OCCCC)C(Cl)C(Cl)C(OCCCC)C53)C3C(OCCCC)C(Cl)C(Cl)C(OCCCC)C43)C12. The standard InChI is InChI=1S/C64H112Cl8N8O8/c1-9-17-25-81-49-33-34(50(42(66)41(49)65)82-26-18-10-2)58-73-57(33)77-59-35-36(52(84-28-20-12-4)44(68)43(67)51(35)83-27-19-11-3)61(74-59)79-63-39-40(56(88-32-24-16-8)48(72)47(71)55(39)87-31-23-15-7)64(76-63)80-62-38-37(60(75-62)78-58)53(85-29-21-13-5)45(69)46(70)54(38)86-30-22-14-6/h33-64,73-80H,9-32H2,1-8H3. The van der Waals surface area contributed by atoms with E-state index in [2.05, 4.69) is 97.9 Å². The van der Waals surface area contributed by atoms with Crippen molar-refractivity contribution in [1.29, 1.82) is 0 Å². The summed E-state index contributed by atoms with van der Waals surface area (Å²) in [5, 5.41) is 29.4. The lowest BCUT2D eigenvalue weighted by molar-refractivity contribution is -0.111. The Kier molecular flexibility index (Phi) is 30.2. The molecular weight excluding hydrogens is 1290 g/mol. The number of alkyl halides is 8. The van der Waals surface area contributed by atoms with Crippen molar-refractivity contribution in [3.63, 3.8) is 0 Å². The first-order valence-electron chi connectivity index (χ1n) is 34.9. The number of ether oxygens (including phenoxy) is 8. The zero-order chi connectivity index (χ0) is 62.8. The molecule has 8 N–H and O–H groups in total. The Balaban J connectivity index is 1.25. The van der Waals surface area contributed by atoms with Crippen LogP contribution in [0.15, 0.2) is 0 Å². The normalized spacial score (nSPS) is 46.4. The summed E-state index contributed by atoms with van der Waals surface area (Å²) in [6.45, 7) is 21.7. The van der Waals surface area contributed by atoms with Crippen molar-refractivity contribution in [2.24, 2.45) is 47.3 Å². The van der Waals surface area contributed by atoms with Gasteiger partial charge >= 0.3 is 0 Å². The van der Waals surface area contributed by atoms with Gasteiger partial charge in [-0.05, 0) is 51.4 Å². The third kappa shape index (κ3) is 16.2. The quantitative estimate of drug-likeness (QED) is 0.0236. The van der Waals surface area contributed by atoms with Gasteiger partial charge < -0.3 is 37.9 Å². The summed E-state index contributed by atoms with van der Waals surface area (Å²) in [5.41, 5.74) is 0. The molecule has 0 aromatic rings. The Labute approximate surface area is 568 Å². The Morgan fingerprint density at radius 1 is 0.193 bits per heavy atom. The number of rotatable bonds is 32. The minimum atomic E-state index is -0.578. The van der Waals surface area contributed by atoms with Gasteiger partial charge in [0, 0.05) is 100 Å². The van der Waals surface area contributed by atoms with Gasteiger partial charge in [-0.1, -0.05) is 107 Å². The zero-order valence-electron chi connectivity index (χ0n) is 53.7. The molecule has 0 aromatic heterocycles. The highest BCUT2D eigenvalue weighted by Gasteiger charge is 2.68. The van der Waals surface area contributed by atoms with Gasteiger partial charge in [0.25, 0.3) is 0 Å². The number of halogens is 8. The highest BCUT2D eigenvalue weighted by molar-refractivity contribution is 6.32. The molecule has 9 rings (SSSR count). The van der Waals surface area contributed by atoms with Gasteiger partial charge in [-0.25, -0.2) is 0 Å². The van der Waals surface area contributed by atoms with E-state index in [1.165, 1.54) is 0 Å². The molecule has 5 aliphatic heterocycles. The van der Waals surface area contributed by atoms with Crippen molar-refractivity contribution in [2.45, 2.75) is 299 Å². The zero-order valence-corrected chi connectivity index (χ0v) is 59.8. The van der Waals surface area contributed by atoms with Crippen LogP contribution in [0.5, 0.6) is 0 Å². The van der Waals surface area contributed by atoms with E-state index in [0.717, 1.165) is 103 Å². The summed E-state index contributed by atoms with van der Waals surface area (Å²) < 4.78 is 56.8. The van der Waals surface area contributed by atoms with E-state index in [-0.39, 0.29) is 47.3 Å². The lowest BCUT2D eigenvalue weighted by Crippen LogP contribution is -2.64.